The number of hydrogen-bond acceptors (Lipinski definition) is 11. The summed E-state index contributed by atoms with van der Waals surface area (Å²) in [5.41, 5.74) is -0.951. The molecule has 0 spiro atoms. The zero-order valence-electron chi connectivity index (χ0n) is 22.3. The summed E-state index contributed by atoms with van der Waals surface area (Å²) in [6, 6.07) is 4.81. The van der Waals surface area contributed by atoms with E-state index in [0.29, 0.717) is 5.75 Å². The van der Waals surface area contributed by atoms with Gasteiger partial charge < -0.3 is 44.6 Å². The number of hydrogen-bond donors (Lipinski definition) is 4. The SMILES string of the molecule is COc1ccc(COC(=O)NC(C)C(=O)N[C@@H]2[C@H]3C(=C(O)C[C@H]4OC(C)(C)O[C@H]34)C(=O)O[C@]2(C)/C=N/O)cc1. The maximum Gasteiger partial charge on any atom is 0.408 e. The first-order chi connectivity index (χ1) is 18.4. The summed E-state index contributed by atoms with van der Waals surface area (Å²) < 4.78 is 27.9. The minimum absolute atomic E-state index is 0.0263. The van der Waals surface area contributed by atoms with E-state index < -0.39 is 59.6 Å². The van der Waals surface area contributed by atoms with Crippen LogP contribution in [0.5, 0.6) is 5.75 Å². The van der Waals surface area contributed by atoms with E-state index in [4.69, 9.17) is 23.7 Å². The Labute approximate surface area is 225 Å². The van der Waals surface area contributed by atoms with Crippen LogP contribution in [0.3, 0.4) is 0 Å². The Morgan fingerprint density at radius 2 is 1.92 bits per heavy atom. The molecule has 2 saturated heterocycles. The molecular weight excluding hydrogens is 514 g/mol. The highest BCUT2D eigenvalue weighted by atomic mass is 16.8. The molecule has 4 N–H and O–H groups in total. The van der Waals surface area contributed by atoms with E-state index in [2.05, 4.69) is 15.8 Å². The molecule has 1 aromatic carbocycles. The predicted molar refractivity (Wildman–Crippen MR) is 134 cm³/mol. The number of cyclic esters (lactones) is 1. The van der Waals surface area contributed by atoms with Crippen molar-refractivity contribution in [3.05, 3.63) is 41.2 Å². The second-order valence-corrected chi connectivity index (χ2v) is 10.3. The van der Waals surface area contributed by atoms with Gasteiger partial charge >= 0.3 is 12.1 Å². The molecule has 2 fully saturated rings. The van der Waals surface area contributed by atoms with Crippen LogP contribution in [0.15, 0.2) is 40.8 Å². The number of esters is 1. The second-order valence-electron chi connectivity index (χ2n) is 10.3. The van der Waals surface area contributed by atoms with E-state index in [1.54, 1.807) is 45.2 Å². The Bertz CT molecular complexity index is 1180. The molecule has 4 rings (SSSR count). The number of carbonyl (C=O) groups is 3. The lowest BCUT2D eigenvalue weighted by molar-refractivity contribution is -0.169. The number of oxime groups is 1. The number of nitrogens with zero attached hydrogens (tertiary/aromatic N) is 1. The number of methoxy groups -OCH3 is 1. The van der Waals surface area contributed by atoms with Gasteiger partial charge in [0.1, 0.15) is 24.2 Å². The van der Waals surface area contributed by atoms with Gasteiger partial charge in [-0.25, -0.2) is 9.59 Å². The maximum atomic E-state index is 13.2. The van der Waals surface area contributed by atoms with Crippen LogP contribution in [0.4, 0.5) is 4.79 Å². The molecule has 3 aliphatic rings. The van der Waals surface area contributed by atoms with Crippen LogP contribution in [0.25, 0.3) is 0 Å². The molecule has 1 unspecified atom stereocenters. The van der Waals surface area contributed by atoms with Crippen molar-refractivity contribution in [3.8, 4) is 5.75 Å². The molecule has 1 aliphatic carbocycles. The zero-order chi connectivity index (χ0) is 28.5. The number of benzene rings is 1. The number of amides is 2. The molecule has 2 amide bonds. The molecule has 13 heteroatoms. The summed E-state index contributed by atoms with van der Waals surface area (Å²) in [4.78, 5) is 38.6. The number of alkyl carbamates (subject to hydrolysis) is 1. The molecule has 0 aromatic heterocycles. The van der Waals surface area contributed by atoms with E-state index in [0.717, 1.165) is 11.8 Å². The quantitative estimate of drug-likeness (QED) is 0.171. The minimum atomic E-state index is -1.62. The van der Waals surface area contributed by atoms with Crippen molar-refractivity contribution in [1.82, 2.24) is 10.6 Å². The normalized spacial score (nSPS) is 30.1. The second kappa shape index (κ2) is 10.7. The van der Waals surface area contributed by atoms with Gasteiger partial charge in [0, 0.05) is 12.3 Å². The molecule has 39 heavy (non-hydrogen) atoms. The number of rotatable bonds is 7. The number of carbonyl (C=O) groups excluding carboxylic acids is 3. The Morgan fingerprint density at radius 1 is 1.23 bits per heavy atom. The fraction of sp³-hybridized carbons (Fsp3) is 0.538. The molecule has 0 bridgehead atoms. The lowest BCUT2D eigenvalue weighted by atomic mass is 9.70. The lowest BCUT2D eigenvalue weighted by Crippen LogP contribution is -2.67. The van der Waals surface area contributed by atoms with Gasteiger partial charge in [0.05, 0.1) is 37.1 Å². The smallest absolute Gasteiger partial charge is 0.408 e. The van der Waals surface area contributed by atoms with Crippen LogP contribution in [-0.4, -0.2) is 77.3 Å². The van der Waals surface area contributed by atoms with Gasteiger partial charge in [0.15, 0.2) is 11.4 Å². The molecule has 6 atom stereocenters. The number of ether oxygens (including phenoxy) is 5. The predicted octanol–water partition coefficient (Wildman–Crippen LogP) is 1.92. The van der Waals surface area contributed by atoms with Crippen molar-refractivity contribution in [1.29, 1.82) is 0 Å². The fourth-order valence-electron chi connectivity index (χ4n) is 5.15. The van der Waals surface area contributed by atoms with Crippen molar-refractivity contribution in [2.45, 2.75) is 76.4 Å². The average molecular weight is 548 g/mol. The van der Waals surface area contributed by atoms with Crippen LogP contribution < -0.4 is 15.4 Å². The van der Waals surface area contributed by atoms with Gasteiger partial charge in [-0.15, -0.1) is 0 Å². The fourth-order valence-corrected chi connectivity index (χ4v) is 5.15. The highest BCUT2D eigenvalue weighted by molar-refractivity contribution is 5.95. The molecule has 2 heterocycles. The van der Waals surface area contributed by atoms with Crippen molar-refractivity contribution in [2.75, 3.05) is 7.11 Å². The monoisotopic (exact) mass is 547 g/mol. The summed E-state index contributed by atoms with van der Waals surface area (Å²) in [6.45, 7) is 6.28. The molecular formula is C26H33N3O10. The number of fused-ring (bicyclic) bond motifs is 3. The van der Waals surface area contributed by atoms with Crippen molar-refractivity contribution in [3.63, 3.8) is 0 Å². The summed E-state index contributed by atoms with van der Waals surface area (Å²) in [5.74, 6) is -2.96. The number of nitrogens with one attached hydrogen (secondary N) is 2. The van der Waals surface area contributed by atoms with Crippen molar-refractivity contribution in [2.24, 2.45) is 11.1 Å². The molecule has 0 radical (unpaired) electrons. The minimum Gasteiger partial charge on any atom is -0.512 e. The van der Waals surface area contributed by atoms with Crippen LogP contribution in [0, 0.1) is 5.92 Å². The first kappa shape index (κ1) is 28.2. The Morgan fingerprint density at radius 3 is 2.56 bits per heavy atom. The first-order valence-electron chi connectivity index (χ1n) is 12.4. The molecule has 1 aromatic rings. The maximum absolute atomic E-state index is 13.2. The standard InChI is InChI=1S/C26H33N3O10/c1-13(28-24(33)36-11-14-6-8-15(35-5)9-7-14)22(31)29-21-19-18(23(32)39-26(21,4)12-27-34)16(30)10-17-20(19)38-25(2,3)37-17/h6-9,12-13,17,19-21,30,34H,10-11H2,1-5H3,(H,28,33)(H,29,31)/b27-12+/t13?,17-,19+,20+,21-,26-/m1/s1. The van der Waals surface area contributed by atoms with Crippen LogP contribution in [0.1, 0.15) is 39.7 Å². The lowest BCUT2D eigenvalue weighted by Gasteiger charge is -2.48. The van der Waals surface area contributed by atoms with Crippen LogP contribution >= 0.6 is 0 Å². The zero-order valence-corrected chi connectivity index (χ0v) is 22.3. The van der Waals surface area contributed by atoms with Gasteiger partial charge in [-0.1, -0.05) is 17.3 Å². The van der Waals surface area contributed by atoms with Crippen LogP contribution in [-0.2, 0) is 35.1 Å². The largest absolute Gasteiger partial charge is 0.512 e. The highest BCUT2D eigenvalue weighted by Gasteiger charge is 2.61. The van der Waals surface area contributed by atoms with E-state index >= 15 is 0 Å². The third-order valence-corrected chi connectivity index (χ3v) is 6.99. The third-order valence-electron chi connectivity index (χ3n) is 6.99. The number of aliphatic hydroxyl groups is 1. The third kappa shape index (κ3) is 5.78. The summed E-state index contributed by atoms with van der Waals surface area (Å²) in [5, 5.41) is 28.3. The molecule has 212 valence electrons. The van der Waals surface area contributed by atoms with Crippen molar-refractivity contribution < 1.29 is 48.4 Å². The summed E-state index contributed by atoms with van der Waals surface area (Å²) >= 11 is 0. The molecule has 0 saturated carbocycles. The van der Waals surface area contributed by atoms with Gasteiger partial charge in [-0.05, 0) is 45.4 Å². The molecule has 13 nitrogen and oxygen atoms in total. The van der Waals surface area contributed by atoms with Gasteiger partial charge in [0.25, 0.3) is 0 Å². The van der Waals surface area contributed by atoms with E-state index in [-0.39, 0.29) is 24.4 Å². The number of aliphatic hydroxyl groups excluding tert-OH is 1. The Hall–Kier alpha value is -3.84. The van der Waals surface area contributed by atoms with Gasteiger partial charge in [-0.3, -0.25) is 4.79 Å². The van der Waals surface area contributed by atoms with Crippen molar-refractivity contribution >= 4 is 24.2 Å². The van der Waals surface area contributed by atoms with E-state index in [1.807, 2.05) is 0 Å². The van der Waals surface area contributed by atoms with Gasteiger partial charge in [-0.2, -0.15) is 0 Å². The first-order valence-corrected chi connectivity index (χ1v) is 12.4. The average Bonchev–Trinajstić information content (AvgIpc) is 3.18. The van der Waals surface area contributed by atoms with E-state index in [1.165, 1.54) is 13.8 Å². The van der Waals surface area contributed by atoms with Gasteiger partial charge in [0.2, 0.25) is 5.91 Å². The van der Waals surface area contributed by atoms with E-state index in [9.17, 15) is 24.7 Å². The topological polar surface area (TPSA) is 174 Å². The summed E-state index contributed by atoms with van der Waals surface area (Å²) in [6.07, 6.45) is -1.15. The molecule has 2 aliphatic heterocycles. The Balaban J connectivity index is 1.50. The highest BCUT2D eigenvalue weighted by Crippen LogP contribution is 2.47. The summed E-state index contributed by atoms with van der Waals surface area (Å²) in [7, 11) is 1.55. The van der Waals surface area contributed by atoms with Crippen LogP contribution in [0.2, 0.25) is 0 Å². The Kier molecular flexibility index (Phi) is 7.75.